The van der Waals surface area contributed by atoms with E-state index in [1.54, 1.807) is 14.0 Å². The third-order valence-corrected chi connectivity index (χ3v) is 4.59. The van der Waals surface area contributed by atoms with Crippen molar-refractivity contribution in [3.63, 3.8) is 0 Å². The quantitative estimate of drug-likeness (QED) is 0.670. The number of halogens is 1. The summed E-state index contributed by atoms with van der Waals surface area (Å²) >= 11 is 1.51. The van der Waals surface area contributed by atoms with E-state index in [-0.39, 0.29) is 17.0 Å². The number of methoxy groups -OCH3 is 1. The number of aliphatic hydroxyl groups excluding tert-OH is 2. The highest BCUT2D eigenvalue weighted by atomic mass is 79.9. The molecular weight excluding hydrogens is 354 g/mol. The first-order valence-electron chi connectivity index (χ1n) is 6.50. The third kappa shape index (κ3) is 4.26. The van der Waals surface area contributed by atoms with E-state index in [0.717, 1.165) is 21.9 Å². The highest BCUT2D eigenvalue weighted by Gasteiger charge is 2.22. The molecule has 21 heavy (non-hydrogen) atoms. The summed E-state index contributed by atoms with van der Waals surface area (Å²) in [5.74, 6) is 0.775. The average molecular weight is 374 g/mol. The lowest BCUT2D eigenvalue weighted by atomic mass is 10.1. The van der Waals surface area contributed by atoms with Gasteiger partial charge >= 0.3 is 0 Å². The fourth-order valence-corrected chi connectivity index (χ4v) is 3.09. The van der Waals surface area contributed by atoms with Crippen LogP contribution in [0.15, 0.2) is 29.8 Å². The summed E-state index contributed by atoms with van der Waals surface area (Å²) in [5.41, 5.74) is 3.78. The van der Waals surface area contributed by atoms with E-state index in [9.17, 15) is 10.2 Å². The number of thiazole rings is 1. The van der Waals surface area contributed by atoms with E-state index in [0.29, 0.717) is 6.54 Å². The molecule has 2 unspecified atom stereocenters. The monoisotopic (exact) mass is 373 g/mol. The van der Waals surface area contributed by atoms with Crippen LogP contribution in [0.4, 0.5) is 0 Å². The van der Waals surface area contributed by atoms with Crippen LogP contribution in [0.1, 0.15) is 35.3 Å². The van der Waals surface area contributed by atoms with E-state index in [2.05, 4.69) is 0 Å². The number of nitrogens with zero attached hydrogens (tertiary/aromatic N) is 1. The summed E-state index contributed by atoms with van der Waals surface area (Å²) in [7, 11) is 1.62. The average Bonchev–Trinajstić information content (AvgIpc) is 2.80. The van der Waals surface area contributed by atoms with Gasteiger partial charge in [-0.05, 0) is 24.6 Å². The van der Waals surface area contributed by atoms with Gasteiger partial charge in [-0.2, -0.15) is 4.57 Å². The fourth-order valence-electron chi connectivity index (χ4n) is 2.12. The Morgan fingerprint density at radius 3 is 2.33 bits per heavy atom. The summed E-state index contributed by atoms with van der Waals surface area (Å²) in [6.07, 6.45) is -1.06. The van der Waals surface area contributed by atoms with Crippen LogP contribution in [-0.2, 0) is 6.54 Å². The minimum Gasteiger partial charge on any atom is -1.00 e. The molecule has 1 heterocycles. The Balaban J connectivity index is 0.00000220. The van der Waals surface area contributed by atoms with Crippen molar-refractivity contribution in [1.82, 2.24) is 0 Å². The van der Waals surface area contributed by atoms with Crippen molar-refractivity contribution < 1.29 is 36.5 Å². The van der Waals surface area contributed by atoms with Gasteiger partial charge in [0.15, 0.2) is 12.2 Å². The van der Waals surface area contributed by atoms with E-state index in [1.807, 2.05) is 41.3 Å². The maximum atomic E-state index is 10.3. The number of rotatable bonds is 5. The topological polar surface area (TPSA) is 53.6 Å². The van der Waals surface area contributed by atoms with Crippen LogP contribution < -0.4 is 26.3 Å². The van der Waals surface area contributed by atoms with Gasteiger partial charge in [-0.15, -0.1) is 0 Å². The van der Waals surface area contributed by atoms with Gasteiger partial charge in [0.25, 0.3) is 0 Å². The molecule has 1 aromatic heterocycles. The van der Waals surface area contributed by atoms with Gasteiger partial charge in [0, 0.05) is 6.92 Å². The molecule has 0 bridgehead atoms. The summed E-state index contributed by atoms with van der Waals surface area (Å²) in [5, 5.41) is 19.9. The molecule has 6 heteroatoms. The molecule has 0 amide bonds. The standard InChI is InChI=1S/C15H20NO3S.BrH/c1-10-15(11(2)17)20-9-16(10)8-14(18)12-4-6-13(19-3)7-5-12;/h4-7,9,11,14,17-18H,8H2,1-3H3;1H/q+1;/p-1. The lowest BCUT2D eigenvalue weighted by molar-refractivity contribution is -0.706. The molecule has 2 aromatic rings. The number of ether oxygens (including phenoxy) is 1. The summed E-state index contributed by atoms with van der Waals surface area (Å²) in [6.45, 7) is 4.18. The second-order valence-electron chi connectivity index (χ2n) is 4.79. The second-order valence-corrected chi connectivity index (χ2v) is 5.68. The largest absolute Gasteiger partial charge is 1.00 e. The molecule has 0 aliphatic heterocycles. The highest BCUT2D eigenvalue weighted by molar-refractivity contribution is 7.09. The van der Waals surface area contributed by atoms with Gasteiger partial charge < -0.3 is 31.9 Å². The molecule has 0 radical (unpaired) electrons. The van der Waals surface area contributed by atoms with Crippen molar-refractivity contribution in [2.75, 3.05) is 7.11 Å². The Morgan fingerprint density at radius 2 is 1.86 bits per heavy atom. The fraction of sp³-hybridized carbons (Fsp3) is 0.400. The molecule has 0 aliphatic rings. The number of aromatic nitrogens is 1. The van der Waals surface area contributed by atoms with Crippen LogP contribution in [0.5, 0.6) is 5.75 Å². The van der Waals surface area contributed by atoms with Crippen molar-refractivity contribution >= 4 is 11.3 Å². The minimum atomic E-state index is -0.582. The summed E-state index contributed by atoms with van der Waals surface area (Å²) in [6, 6.07) is 7.40. The Labute approximate surface area is 139 Å². The van der Waals surface area contributed by atoms with Crippen LogP contribution in [-0.4, -0.2) is 17.3 Å². The van der Waals surface area contributed by atoms with Gasteiger partial charge in [0.2, 0.25) is 5.51 Å². The van der Waals surface area contributed by atoms with Crippen molar-refractivity contribution in [2.24, 2.45) is 0 Å². The van der Waals surface area contributed by atoms with Gasteiger partial charge in [0.05, 0.1) is 13.2 Å². The first-order valence-corrected chi connectivity index (χ1v) is 7.38. The zero-order valence-electron chi connectivity index (χ0n) is 12.3. The molecule has 2 N–H and O–H groups in total. The van der Waals surface area contributed by atoms with Gasteiger partial charge in [-0.1, -0.05) is 23.5 Å². The zero-order valence-corrected chi connectivity index (χ0v) is 14.7. The van der Waals surface area contributed by atoms with Crippen LogP contribution >= 0.6 is 11.3 Å². The predicted octanol–water partition coefficient (Wildman–Crippen LogP) is -0.856. The molecule has 4 nitrogen and oxygen atoms in total. The van der Waals surface area contributed by atoms with Crippen LogP contribution in [0.2, 0.25) is 0 Å². The summed E-state index contributed by atoms with van der Waals surface area (Å²) < 4.78 is 7.08. The lowest BCUT2D eigenvalue weighted by Gasteiger charge is -2.08. The smallest absolute Gasteiger partial charge is 0.225 e. The lowest BCUT2D eigenvalue weighted by Crippen LogP contribution is -3.00. The molecule has 0 saturated heterocycles. The van der Waals surface area contributed by atoms with E-state index in [4.69, 9.17) is 4.74 Å². The van der Waals surface area contributed by atoms with Gasteiger partial charge in [-0.25, -0.2) is 0 Å². The van der Waals surface area contributed by atoms with Crippen LogP contribution in [0.25, 0.3) is 0 Å². The SMILES string of the molecule is COc1ccc(C(O)C[n+]2csc(C(C)O)c2C)cc1.[Br-]. The molecule has 2 rings (SSSR count). The Kier molecular flexibility index (Phi) is 6.80. The summed E-state index contributed by atoms with van der Waals surface area (Å²) in [4.78, 5) is 0.937. The molecule has 116 valence electrons. The molecular formula is C15H20BrNO3S. The molecule has 0 aliphatic carbocycles. The molecule has 0 saturated carbocycles. The van der Waals surface area contributed by atoms with Crippen LogP contribution in [0, 0.1) is 6.92 Å². The Bertz CT molecular complexity index is 569. The van der Waals surface area contributed by atoms with E-state index >= 15 is 0 Å². The highest BCUT2D eigenvalue weighted by Crippen LogP contribution is 2.22. The van der Waals surface area contributed by atoms with Crippen molar-refractivity contribution in [2.45, 2.75) is 32.6 Å². The maximum absolute atomic E-state index is 10.3. The van der Waals surface area contributed by atoms with Crippen LogP contribution in [0.3, 0.4) is 0 Å². The van der Waals surface area contributed by atoms with Crippen molar-refractivity contribution in [3.8, 4) is 5.75 Å². The molecule has 2 atom stereocenters. The third-order valence-electron chi connectivity index (χ3n) is 3.34. The van der Waals surface area contributed by atoms with Crippen molar-refractivity contribution in [3.05, 3.63) is 45.9 Å². The zero-order chi connectivity index (χ0) is 14.7. The Morgan fingerprint density at radius 1 is 1.24 bits per heavy atom. The molecule has 1 aromatic carbocycles. The predicted molar refractivity (Wildman–Crippen MR) is 77.8 cm³/mol. The van der Waals surface area contributed by atoms with Gasteiger partial charge in [-0.3, -0.25) is 0 Å². The minimum absolute atomic E-state index is 0. The number of hydrogen-bond donors (Lipinski definition) is 2. The first-order chi connectivity index (χ1) is 9.52. The number of hydrogen-bond acceptors (Lipinski definition) is 4. The van der Waals surface area contributed by atoms with E-state index in [1.165, 1.54) is 11.3 Å². The maximum Gasteiger partial charge on any atom is 0.225 e. The molecule has 0 spiro atoms. The Hall–Kier alpha value is -0.950. The van der Waals surface area contributed by atoms with Gasteiger partial charge in [0.1, 0.15) is 16.7 Å². The second kappa shape index (κ2) is 7.89. The van der Waals surface area contributed by atoms with E-state index < -0.39 is 12.2 Å². The number of aliphatic hydroxyl groups is 2. The normalized spacial score (nSPS) is 13.4. The first kappa shape index (κ1) is 18.1. The molecule has 0 fully saturated rings. The van der Waals surface area contributed by atoms with Crippen molar-refractivity contribution in [1.29, 1.82) is 0 Å². The number of benzene rings is 1.